The van der Waals surface area contributed by atoms with Crippen molar-refractivity contribution in [1.29, 1.82) is 0 Å². The van der Waals surface area contributed by atoms with E-state index in [4.69, 9.17) is 4.84 Å². The van der Waals surface area contributed by atoms with E-state index in [1.165, 1.54) is 19.3 Å². The summed E-state index contributed by atoms with van der Waals surface area (Å²) in [7, 11) is 1.97. The van der Waals surface area contributed by atoms with Crippen LogP contribution >= 0.6 is 0 Å². The zero-order valence-corrected chi connectivity index (χ0v) is 7.39. The fourth-order valence-corrected chi connectivity index (χ4v) is 0.721. The van der Waals surface area contributed by atoms with Crippen molar-refractivity contribution in [3.63, 3.8) is 0 Å². The maximum Gasteiger partial charge on any atom is 0.0685 e. The molecule has 1 aliphatic heterocycles. The Labute approximate surface area is 64.1 Å². The second kappa shape index (κ2) is 7.03. The Hall–Kier alpha value is -0.0800. The van der Waals surface area contributed by atoms with Crippen LogP contribution in [0.5, 0.6) is 0 Å². The smallest absolute Gasteiger partial charge is 0.0685 e. The third-order valence-electron chi connectivity index (χ3n) is 1.18. The summed E-state index contributed by atoms with van der Waals surface area (Å²) in [5, 5.41) is 1.89. The highest BCUT2D eigenvalue weighted by Gasteiger charge is 2.02. The van der Waals surface area contributed by atoms with Crippen molar-refractivity contribution in [1.82, 2.24) is 5.06 Å². The molecule has 0 radical (unpaired) electrons. The van der Waals surface area contributed by atoms with Crippen LogP contribution in [0.1, 0.15) is 33.1 Å². The first-order valence-electron chi connectivity index (χ1n) is 4.15. The molecule has 0 bridgehead atoms. The first-order chi connectivity index (χ1) is 4.81. The average Bonchev–Trinajstić information content (AvgIpc) is 1.91. The predicted molar refractivity (Wildman–Crippen MR) is 43.8 cm³/mol. The molecule has 1 saturated heterocycles. The maximum atomic E-state index is 5.11. The summed E-state index contributed by atoms with van der Waals surface area (Å²) in [6, 6.07) is 0. The molecular formula is C8H19NO. The molecule has 2 heteroatoms. The summed E-state index contributed by atoms with van der Waals surface area (Å²) < 4.78 is 0. The van der Waals surface area contributed by atoms with Gasteiger partial charge in [0.15, 0.2) is 0 Å². The van der Waals surface area contributed by atoms with Crippen LogP contribution in [0.2, 0.25) is 0 Å². The van der Waals surface area contributed by atoms with Gasteiger partial charge in [-0.25, -0.2) is 0 Å². The van der Waals surface area contributed by atoms with Gasteiger partial charge in [-0.15, -0.1) is 0 Å². The molecule has 0 aromatic rings. The Morgan fingerprint density at radius 1 is 1.30 bits per heavy atom. The van der Waals surface area contributed by atoms with Crippen LogP contribution in [0.3, 0.4) is 0 Å². The van der Waals surface area contributed by atoms with Crippen molar-refractivity contribution in [3.8, 4) is 0 Å². The van der Waals surface area contributed by atoms with Crippen LogP contribution in [0.15, 0.2) is 0 Å². The van der Waals surface area contributed by atoms with E-state index in [-0.39, 0.29) is 0 Å². The Morgan fingerprint density at radius 3 is 2.10 bits per heavy atom. The van der Waals surface area contributed by atoms with Gasteiger partial charge in [-0.2, -0.15) is 5.06 Å². The van der Waals surface area contributed by atoms with Gasteiger partial charge in [0.05, 0.1) is 6.61 Å². The number of nitrogens with zero attached hydrogens (tertiary/aromatic N) is 1. The molecule has 10 heavy (non-hydrogen) atoms. The second-order valence-electron chi connectivity index (χ2n) is 2.60. The zero-order chi connectivity index (χ0) is 7.82. The molecule has 0 unspecified atom stereocenters. The summed E-state index contributed by atoms with van der Waals surface area (Å²) >= 11 is 0. The summed E-state index contributed by atoms with van der Waals surface area (Å²) in [4.78, 5) is 5.11. The minimum atomic E-state index is 0.913. The Kier molecular flexibility index (Phi) is 6.98. The molecule has 0 aromatic heterocycles. The van der Waals surface area contributed by atoms with Crippen LogP contribution < -0.4 is 0 Å². The third-order valence-corrected chi connectivity index (χ3v) is 1.18. The average molecular weight is 145 g/mol. The van der Waals surface area contributed by atoms with Gasteiger partial charge in [0.2, 0.25) is 0 Å². The van der Waals surface area contributed by atoms with Gasteiger partial charge in [-0.1, -0.05) is 20.3 Å². The molecule has 1 aliphatic rings. The van der Waals surface area contributed by atoms with Gasteiger partial charge >= 0.3 is 0 Å². The summed E-state index contributed by atoms with van der Waals surface area (Å²) in [6.45, 7) is 6.26. The van der Waals surface area contributed by atoms with E-state index < -0.39 is 0 Å². The fourth-order valence-electron chi connectivity index (χ4n) is 0.721. The lowest BCUT2D eigenvalue weighted by molar-refractivity contribution is -0.161. The lowest BCUT2D eigenvalue weighted by Crippen LogP contribution is -2.25. The maximum absolute atomic E-state index is 5.11. The highest BCUT2D eigenvalue weighted by atomic mass is 16.7. The highest BCUT2D eigenvalue weighted by molar-refractivity contribution is 4.46. The lowest BCUT2D eigenvalue weighted by Gasteiger charge is -2.20. The monoisotopic (exact) mass is 145 g/mol. The van der Waals surface area contributed by atoms with E-state index in [0.29, 0.717) is 0 Å². The molecule has 1 rings (SSSR count). The number of hydroxylamine groups is 2. The number of hydrogen-bond donors (Lipinski definition) is 0. The van der Waals surface area contributed by atoms with E-state index in [9.17, 15) is 0 Å². The van der Waals surface area contributed by atoms with Crippen LogP contribution in [-0.4, -0.2) is 25.3 Å². The Balaban J connectivity index is 0.000000236. The molecule has 1 fully saturated rings. The van der Waals surface area contributed by atoms with Crippen LogP contribution in [-0.2, 0) is 4.84 Å². The lowest BCUT2D eigenvalue weighted by atomic mass is 10.3. The zero-order valence-electron chi connectivity index (χ0n) is 7.39. The topological polar surface area (TPSA) is 12.5 Å². The van der Waals surface area contributed by atoms with Gasteiger partial charge in [0, 0.05) is 13.6 Å². The van der Waals surface area contributed by atoms with Gasteiger partial charge < -0.3 is 0 Å². The number of hydrogen-bond acceptors (Lipinski definition) is 2. The van der Waals surface area contributed by atoms with E-state index in [0.717, 1.165) is 13.2 Å². The highest BCUT2D eigenvalue weighted by Crippen LogP contribution is 2.00. The van der Waals surface area contributed by atoms with Crippen molar-refractivity contribution >= 4 is 0 Å². The van der Waals surface area contributed by atoms with Crippen LogP contribution in [0.25, 0.3) is 0 Å². The first-order valence-corrected chi connectivity index (χ1v) is 4.15. The Bertz CT molecular complexity index is 60.3. The summed E-state index contributed by atoms with van der Waals surface area (Å²) in [5.74, 6) is 0. The molecule has 62 valence electrons. The molecular weight excluding hydrogens is 126 g/mol. The van der Waals surface area contributed by atoms with Gasteiger partial charge in [0.25, 0.3) is 0 Å². The van der Waals surface area contributed by atoms with Crippen molar-refractivity contribution < 1.29 is 4.84 Å². The fraction of sp³-hybridized carbons (Fsp3) is 1.00. The van der Waals surface area contributed by atoms with Crippen LogP contribution in [0, 0.1) is 0 Å². The quantitative estimate of drug-likeness (QED) is 0.517. The molecule has 0 aliphatic carbocycles. The molecule has 0 N–H and O–H groups in total. The standard InChI is InChI=1S/C5H11NO.C3H8/c1-6-4-2-3-5-7-6;1-3-2/h2-5H2,1H3;3H2,1-2H3. The molecule has 0 saturated carbocycles. The van der Waals surface area contributed by atoms with E-state index in [1.807, 2.05) is 12.1 Å². The van der Waals surface area contributed by atoms with Crippen molar-refractivity contribution in [2.75, 3.05) is 20.2 Å². The minimum Gasteiger partial charge on any atom is -0.299 e. The number of rotatable bonds is 0. The van der Waals surface area contributed by atoms with Gasteiger partial charge in [-0.3, -0.25) is 4.84 Å². The molecule has 0 spiro atoms. The molecule has 1 heterocycles. The van der Waals surface area contributed by atoms with E-state index in [1.54, 1.807) is 0 Å². The van der Waals surface area contributed by atoms with E-state index in [2.05, 4.69) is 13.8 Å². The molecule has 0 atom stereocenters. The molecule has 2 nitrogen and oxygen atoms in total. The van der Waals surface area contributed by atoms with Gasteiger partial charge in [-0.05, 0) is 12.8 Å². The van der Waals surface area contributed by atoms with Gasteiger partial charge in [0.1, 0.15) is 0 Å². The Morgan fingerprint density at radius 2 is 1.90 bits per heavy atom. The van der Waals surface area contributed by atoms with E-state index >= 15 is 0 Å². The van der Waals surface area contributed by atoms with Crippen molar-refractivity contribution in [2.45, 2.75) is 33.1 Å². The predicted octanol–water partition coefficient (Wildman–Crippen LogP) is 2.06. The summed E-state index contributed by atoms with van der Waals surface area (Å²) in [6.07, 6.45) is 3.76. The SMILES string of the molecule is CCC.CN1CCCCO1. The van der Waals surface area contributed by atoms with Crippen molar-refractivity contribution in [2.24, 2.45) is 0 Å². The van der Waals surface area contributed by atoms with Crippen LogP contribution in [0.4, 0.5) is 0 Å². The normalized spacial score (nSPS) is 19.5. The third kappa shape index (κ3) is 6.05. The largest absolute Gasteiger partial charge is 0.299 e. The summed E-state index contributed by atoms with van der Waals surface area (Å²) in [5.41, 5.74) is 0. The molecule has 0 amide bonds. The second-order valence-corrected chi connectivity index (χ2v) is 2.60. The first kappa shape index (κ1) is 9.92. The minimum absolute atomic E-state index is 0.913. The van der Waals surface area contributed by atoms with Crippen molar-refractivity contribution in [3.05, 3.63) is 0 Å². The molecule has 0 aromatic carbocycles.